The van der Waals surface area contributed by atoms with Gasteiger partial charge in [-0.2, -0.15) is 0 Å². The maximum Gasteiger partial charge on any atom is 0.407 e. The number of hydrogen-bond acceptors (Lipinski definition) is 6. The Bertz CT molecular complexity index is 915. The molecule has 0 saturated carbocycles. The lowest BCUT2D eigenvalue weighted by Gasteiger charge is -2.17. The standard InChI is InChI=1S/C22H28N4O5/c1-3-30-20-12-17(7-8-19(20)23)26-21(27)25-16-6-4-5-15(11-16)14(2)24-22(28)31-18-9-10-29-13-18/h4-8,11-12,14,18H,3,9-10,13,23H2,1-2H3,(H,24,28)(H2,25,26,27)/t14-,18-/m0/s1. The van der Waals surface area contributed by atoms with E-state index in [2.05, 4.69) is 16.0 Å². The van der Waals surface area contributed by atoms with E-state index in [4.69, 9.17) is 19.9 Å². The van der Waals surface area contributed by atoms with Crippen LogP contribution in [0.15, 0.2) is 42.5 Å². The van der Waals surface area contributed by atoms with E-state index in [0.29, 0.717) is 49.1 Å². The van der Waals surface area contributed by atoms with Crippen molar-refractivity contribution in [2.45, 2.75) is 32.4 Å². The lowest BCUT2D eigenvalue weighted by Crippen LogP contribution is -2.31. The Hall–Kier alpha value is -3.46. The second kappa shape index (κ2) is 10.5. The number of hydrogen-bond donors (Lipinski definition) is 4. The molecule has 0 unspecified atom stereocenters. The molecule has 1 aliphatic heterocycles. The average molecular weight is 428 g/mol. The predicted molar refractivity (Wildman–Crippen MR) is 118 cm³/mol. The summed E-state index contributed by atoms with van der Waals surface area (Å²) in [6.45, 7) is 5.21. The van der Waals surface area contributed by atoms with E-state index in [1.165, 1.54) is 0 Å². The summed E-state index contributed by atoms with van der Waals surface area (Å²) < 4.78 is 16.0. The largest absolute Gasteiger partial charge is 0.492 e. The first kappa shape index (κ1) is 22.2. The van der Waals surface area contributed by atoms with Crippen LogP contribution in [0, 0.1) is 0 Å². The number of amides is 3. The van der Waals surface area contributed by atoms with Crippen LogP contribution in [0.2, 0.25) is 0 Å². The molecule has 5 N–H and O–H groups in total. The maximum atomic E-state index is 12.4. The Morgan fingerprint density at radius 2 is 1.97 bits per heavy atom. The van der Waals surface area contributed by atoms with Crippen molar-refractivity contribution < 1.29 is 23.8 Å². The third kappa shape index (κ3) is 6.51. The minimum atomic E-state index is -0.493. The number of benzene rings is 2. The van der Waals surface area contributed by atoms with Gasteiger partial charge in [0.2, 0.25) is 0 Å². The highest BCUT2D eigenvalue weighted by Crippen LogP contribution is 2.26. The number of urea groups is 1. The SMILES string of the molecule is CCOc1cc(NC(=O)Nc2cccc([C@H](C)NC(=O)O[C@H]3CCOC3)c2)ccc1N. The number of alkyl carbamates (subject to hydrolysis) is 1. The van der Waals surface area contributed by atoms with Gasteiger partial charge in [0.15, 0.2) is 0 Å². The first-order chi connectivity index (χ1) is 14.9. The minimum Gasteiger partial charge on any atom is -0.492 e. The number of carbonyl (C=O) groups excluding carboxylic acids is 2. The maximum absolute atomic E-state index is 12.4. The molecule has 0 bridgehead atoms. The Morgan fingerprint density at radius 1 is 1.19 bits per heavy atom. The monoisotopic (exact) mass is 428 g/mol. The zero-order chi connectivity index (χ0) is 22.2. The highest BCUT2D eigenvalue weighted by Gasteiger charge is 2.21. The Kier molecular flexibility index (Phi) is 7.55. The van der Waals surface area contributed by atoms with Gasteiger partial charge in [-0.1, -0.05) is 12.1 Å². The summed E-state index contributed by atoms with van der Waals surface area (Å²) in [7, 11) is 0. The van der Waals surface area contributed by atoms with Crippen LogP contribution in [0.4, 0.5) is 26.7 Å². The molecule has 1 saturated heterocycles. The highest BCUT2D eigenvalue weighted by molar-refractivity contribution is 6.00. The van der Waals surface area contributed by atoms with Crippen LogP contribution in [0.3, 0.4) is 0 Å². The average Bonchev–Trinajstić information content (AvgIpc) is 3.23. The van der Waals surface area contributed by atoms with Crippen LogP contribution in [-0.2, 0) is 9.47 Å². The molecule has 2 atom stereocenters. The summed E-state index contributed by atoms with van der Waals surface area (Å²) in [6, 6.07) is 11.5. The number of nitrogens with two attached hydrogens (primary N) is 1. The molecule has 3 rings (SSSR count). The molecular weight excluding hydrogens is 400 g/mol. The van der Waals surface area contributed by atoms with Gasteiger partial charge in [0, 0.05) is 23.9 Å². The summed E-state index contributed by atoms with van der Waals surface area (Å²) in [6.07, 6.45) is 0.00386. The van der Waals surface area contributed by atoms with E-state index in [9.17, 15) is 9.59 Å². The summed E-state index contributed by atoms with van der Waals surface area (Å²) in [5.41, 5.74) is 8.32. The molecule has 9 nitrogen and oxygen atoms in total. The molecule has 2 aromatic carbocycles. The molecule has 31 heavy (non-hydrogen) atoms. The molecule has 1 heterocycles. The Morgan fingerprint density at radius 3 is 2.68 bits per heavy atom. The third-order valence-electron chi connectivity index (χ3n) is 4.71. The highest BCUT2D eigenvalue weighted by atomic mass is 16.6. The van der Waals surface area contributed by atoms with Crippen molar-refractivity contribution in [2.24, 2.45) is 0 Å². The molecule has 0 spiro atoms. The van der Waals surface area contributed by atoms with Crippen molar-refractivity contribution in [3.63, 3.8) is 0 Å². The van der Waals surface area contributed by atoms with Crippen LogP contribution in [-0.4, -0.2) is 38.0 Å². The van der Waals surface area contributed by atoms with Crippen molar-refractivity contribution in [1.29, 1.82) is 0 Å². The fourth-order valence-corrected chi connectivity index (χ4v) is 3.12. The van der Waals surface area contributed by atoms with Crippen molar-refractivity contribution in [3.05, 3.63) is 48.0 Å². The van der Waals surface area contributed by atoms with Gasteiger partial charge in [0.25, 0.3) is 0 Å². The van der Waals surface area contributed by atoms with Crippen molar-refractivity contribution in [1.82, 2.24) is 5.32 Å². The number of nitrogen functional groups attached to an aromatic ring is 1. The smallest absolute Gasteiger partial charge is 0.407 e. The zero-order valence-corrected chi connectivity index (χ0v) is 17.6. The van der Waals surface area contributed by atoms with Gasteiger partial charge in [-0.05, 0) is 43.7 Å². The molecule has 0 radical (unpaired) electrons. The third-order valence-corrected chi connectivity index (χ3v) is 4.71. The minimum absolute atomic E-state index is 0.208. The van der Waals surface area contributed by atoms with Crippen LogP contribution < -0.4 is 26.4 Å². The fourth-order valence-electron chi connectivity index (χ4n) is 3.12. The molecule has 166 valence electrons. The van der Waals surface area contributed by atoms with Crippen LogP contribution in [0.25, 0.3) is 0 Å². The van der Waals surface area contributed by atoms with Gasteiger partial charge in [0.05, 0.1) is 31.5 Å². The number of carbonyl (C=O) groups is 2. The number of rotatable bonds is 7. The van der Waals surface area contributed by atoms with Gasteiger partial charge >= 0.3 is 12.1 Å². The fraction of sp³-hybridized carbons (Fsp3) is 0.364. The van der Waals surface area contributed by atoms with Gasteiger partial charge < -0.3 is 35.9 Å². The van der Waals surface area contributed by atoms with Crippen molar-refractivity contribution in [3.8, 4) is 5.75 Å². The summed E-state index contributed by atoms with van der Waals surface area (Å²) in [5.74, 6) is 0.512. The molecular formula is C22H28N4O5. The van der Waals surface area contributed by atoms with Crippen LogP contribution in [0.5, 0.6) is 5.75 Å². The van der Waals surface area contributed by atoms with E-state index in [1.807, 2.05) is 19.9 Å². The number of ether oxygens (including phenoxy) is 3. The second-order valence-corrected chi connectivity index (χ2v) is 7.15. The van der Waals surface area contributed by atoms with Gasteiger partial charge in [0.1, 0.15) is 11.9 Å². The summed E-state index contributed by atoms with van der Waals surface area (Å²) in [4.78, 5) is 24.5. The van der Waals surface area contributed by atoms with E-state index in [0.717, 1.165) is 5.56 Å². The molecule has 0 aromatic heterocycles. The zero-order valence-electron chi connectivity index (χ0n) is 17.6. The van der Waals surface area contributed by atoms with Crippen molar-refractivity contribution in [2.75, 3.05) is 36.2 Å². The number of nitrogens with one attached hydrogen (secondary N) is 3. The van der Waals surface area contributed by atoms with Gasteiger partial charge in [-0.3, -0.25) is 0 Å². The van der Waals surface area contributed by atoms with E-state index in [1.54, 1.807) is 36.4 Å². The predicted octanol–water partition coefficient (Wildman–Crippen LogP) is 3.89. The molecule has 1 fully saturated rings. The van der Waals surface area contributed by atoms with Crippen LogP contribution >= 0.6 is 0 Å². The molecule has 9 heteroatoms. The second-order valence-electron chi connectivity index (χ2n) is 7.15. The topological polar surface area (TPSA) is 124 Å². The molecule has 2 aromatic rings. The van der Waals surface area contributed by atoms with Gasteiger partial charge in [-0.15, -0.1) is 0 Å². The van der Waals surface area contributed by atoms with E-state index >= 15 is 0 Å². The number of anilines is 3. The summed E-state index contributed by atoms with van der Waals surface area (Å²) >= 11 is 0. The lowest BCUT2D eigenvalue weighted by atomic mass is 10.1. The molecule has 1 aliphatic rings. The Labute approximate surface area is 181 Å². The molecule has 0 aliphatic carbocycles. The quantitative estimate of drug-likeness (QED) is 0.496. The Balaban J connectivity index is 1.56. The van der Waals surface area contributed by atoms with Crippen LogP contribution in [0.1, 0.15) is 31.9 Å². The van der Waals surface area contributed by atoms with Gasteiger partial charge in [-0.25, -0.2) is 9.59 Å². The first-order valence-corrected chi connectivity index (χ1v) is 10.2. The van der Waals surface area contributed by atoms with E-state index in [-0.39, 0.29) is 12.1 Å². The lowest BCUT2D eigenvalue weighted by molar-refractivity contribution is 0.0812. The summed E-state index contributed by atoms with van der Waals surface area (Å²) in [5, 5.41) is 8.33. The van der Waals surface area contributed by atoms with Crippen molar-refractivity contribution >= 4 is 29.2 Å². The molecule has 3 amide bonds. The van der Waals surface area contributed by atoms with E-state index < -0.39 is 12.1 Å². The normalized spacial score (nSPS) is 16.3. The first-order valence-electron chi connectivity index (χ1n) is 10.2.